The van der Waals surface area contributed by atoms with E-state index in [0.29, 0.717) is 27.1 Å². The van der Waals surface area contributed by atoms with Crippen molar-refractivity contribution >= 4 is 46.6 Å². The van der Waals surface area contributed by atoms with Gasteiger partial charge in [-0.15, -0.1) is 0 Å². The largest absolute Gasteiger partial charge is 0.352 e. The van der Waals surface area contributed by atoms with Crippen LogP contribution in [0.15, 0.2) is 72.8 Å². The first kappa shape index (κ1) is 26.1. The number of carbonyl (C=O) groups is 2. The predicted molar refractivity (Wildman–Crippen MR) is 139 cm³/mol. The van der Waals surface area contributed by atoms with Crippen molar-refractivity contribution in [2.24, 2.45) is 0 Å². The van der Waals surface area contributed by atoms with Crippen LogP contribution in [0.25, 0.3) is 0 Å². The second-order valence-electron chi connectivity index (χ2n) is 8.43. The molecule has 0 saturated heterocycles. The summed E-state index contributed by atoms with van der Waals surface area (Å²) in [7, 11) is 0. The van der Waals surface area contributed by atoms with Crippen LogP contribution in [0.1, 0.15) is 30.5 Å². The Morgan fingerprint density at radius 1 is 0.853 bits per heavy atom. The molecule has 0 bridgehead atoms. The molecule has 3 aromatic rings. The van der Waals surface area contributed by atoms with Crippen molar-refractivity contribution < 1.29 is 9.59 Å². The minimum atomic E-state index is -0.720. The predicted octanol–water partition coefficient (Wildman–Crippen LogP) is 6.35. The molecular formula is C27H27Cl3N2O2. The maximum Gasteiger partial charge on any atom is 0.243 e. The molecule has 3 aromatic carbocycles. The summed E-state index contributed by atoms with van der Waals surface area (Å²) in [4.78, 5) is 28.6. The lowest BCUT2D eigenvalue weighted by Gasteiger charge is -2.32. The van der Waals surface area contributed by atoms with Crippen molar-refractivity contribution in [2.75, 3.05) is 0 Å². The molecule has 0 heterocycles. The van der Waals surface area contributed by atoms with Gasteiger partial charge in [0, 0.05) is 34.1 Å². The zero-order valence-corrected chi connectivity index (χ0v) is 21.4. The van der Waals surface area contributed by atoms with Crippen LogP contribution in [0.3, 0.4) is 0 Å². The van der Waals surface area contributed by atoms with Crippen LogP contribution in [0.5, 0.6) is 0 Å². The number of carbonyl (C=O) groups excluding carboxylic acids is 2. The third-order valence-electron chi connectivity index (χ3n) is 5.30. The van der Waals surface area contributed by atoms with E-state index in [2.05, 4.69) is 5.32 Å². The second-order valence-corrected chi connectivity index (χ2v) is 9.71. The summed E-state index contributed by atoms with van der Waals surface area (Å²) in [6, 6.07) is 21.2. The molecule has 7 heteroatoms. The maximum atomic E-state index is 13.7. The quantitative estimate of drug-likeness (QED) is 0.359. The molecule has 0 spiro atoms. The van der Waals surface area contributed by atoms with Crippen molar-refractivity contribution in [1.29, 1.82) is 0 Å². The van der Waals surface area contributed by atoms with Gasteiger partial charge in [0.05, 0.1) is 6.42 Å². The van der Waals surface area contributed by atoms with Gasteiger partial charge >= 0.3 is 0 Å². The van der Waals surface area contributed by atoms with E-state index in [9.17, 15) is 9.59 Å². The van der Waals surface area contributed by atoms with Gasteiger partial charge in [0.25, 0.3) is 0 Å². The lowest BCUT2D eigenvalue weighted by Crippen LogP contribution is -2.52. The Balaban J connectivity index is 1.99. The smallest absolute Gasteiger partial charge is 0.243 e. The normalized spacial score (nSPS) is 11.8. The third kappa shape index (κ3) is 7.49. The lowest BCUT2D eigenvalue weighted by atomic mass is 10.0. The number of nitrogens with one attached hydrogen (secondary N) is 1. The van der Waals surface area contributed by atoms with Gasteiger partial charge in [-0.25, -0.2) is 0 Å². The highest BCUT2D eigenvalue weighted by Crippen LogP contribution is 2.24. The van der Waals surface area contributed by atoms with Crippen molar-refractivity contribution in [3.63, 3.8) is 0 Å². The second kappa shape index (κ2) is 12.3. The molecule has 0 aliphatic heterocycles. The number of halogens is 3. The SMILES string of the molecule is CC(C)NC(=O)[C@@H](Cc1ccccc1)N(Cc1cccc(Cl)c1)C(=O)Cc1ccc(Cl)cc1Cl. The molecule has 34 heavy (non-hydrogen) atoms. The number of amides is 2. The van der Waals surface area contributed by atoms with Crippen molar-refractivity contribution in [1.82, 2.24) is 10.2 Å². The molecule has 0 unspecified atom stereocenters. The minimum Gasteiger partial charge on any atom is -0.352 e. The first-order chi connectivity index (χ1) is 16.2. The lowest BCUT2D eigenvalue weighted by molar-refractivity contribution is -0.141. The Morgan fingerprint density at radius 3 is 2.18 bits per heavy atom. The molecule has 178 valence electrons. The Labute approximate surface area is 215 Å². The monoisotopic (exact) mass is 516 g/mol. The van der Waals surface area contributed by atoms with E-state index in [1.165, 1.54) is 0 Å². The van der Waals surface area contributed by atoms with Crippen LogP contribution in [0, 0.1) is 0 Å². The van der Waals surface area contributed by atoms with Crippen LogP contribution in [0.2, 0.25) is 15.1 Å². The molecule has 0 aliphatic carbocycles. The molecule has 1 N–H and O–H groups in total. The summed E-state index contributed by atoms with van der Waals surface area (Å²) in [6.07, 6.45) is 0.414. The van der Waals surface area contributed by atoms with E-state index < -0.39 is 6.04 Å². The number of hydrogen-bond donors (Lipinski definition) is 1. The molecule has 4 nitrogen and oxygen atoms in total. The fourth-order valence-electron chi connectivity index (χ4n) is 3.70. The van der Waals surface area contributed by atoms with Crippen LogP contribution in [-0.2, 0) is 29.0 Å². The van der Waals surface area contributed by atoms with Gasteiger partial charge in [-0.05, 0) is 54.8 Å². The molecule has 0 fully saturated rings. The van der Waals surface area contributed by atoms with E-state index in [1.807, 2.05) is 56.3 Å². The topological polar surface area (TPSA) is 49.4 Å². The molecule has 2 amide bonds. The van der Waals surface area contributed by atoms with Crippen molar-refractivity contribution in [3.8, 4) is 0 Å². The van der Waals surface area contributed by atoms with Gasteiger partial charge in [0.15, 0.2) is 0 Å². The fourth-order valence-corrected chi connectivity index (χ4v) is 4.38. The van der Waals surface area contributed by atoms with Crippen molar-refractivity contribution in [2.45, 2.75) is 45.3 Å². The highest BCUT2D eigenvalue weighted by molar-refractivity contribution is 6.35. The van der Waals surface area contributed by atoms with Gasteiger partial charge < -0.3 is 10.2 Å². The molecular weight excluding hydrogens is 491 g/mol. The van der Waals surface area contributed by atoms with E-state index in [-0.39, 0.29) is 30.8 Å². The average Bonchev–Trinajstić information content (AvgIpc) is 2.78. The summed E-state index contributed by atoms with van der Waals surface area (Å²) in [5.74, 6) is -0.430. The highest BCUT2D eigenvalue weighted by atomic mass is 35.5. The third-order valence-corrected chi connectivity index (χ3v) is 6.12. The highest BCUT2D eigenvalue weighted by Gasteiger charge is 2.31. The van der Waals surface area contributed by atoms with E-state index >= 15 is 0 Å². The molecule has 0 radical (unpaired) electrons. The van der Waals surface area contributed by atoms with Crippen LogP contribution in [-0.4, -0.2) is 28.8 Å². The standard InChI is InChI=1S/C27H27Cl3N2O2/c1-18(2)31-27(34)25(14-19-7-4-3-5-8-19)32(17-20-9-6-10-22(28)13-20)26(33)15-21-11-12-23(29)16-24(21)30/h3-13,16,18,25H,14-15,17H2,1-2H3,(H,31,34)/t25-/m1/s1. The summed E-state index contributed by atoms with van der Waals surface area (Å²) in [5, 5.41) is 4.45. The number of nitrogens with zero attached hydrogens (tertiary/aromatic N) is 1. The Morgan fingerprint density at radius 2 is 1.53 bits per heavy atom. The molecule has 1 atom stereocenters. The van der Waals surface area contributed by atoms with E-state index in [0.717, 1.165) is 11.1 Å². The molecule has 0 aromatic heterocycles. The maximum absolute atomic E-state index is 13.7. The average molecular weight is 518 g/mol. The van der Waals surface area contributed by atoms with Gasteiger partial charge in [-0.1, -0.05) is 83.3 Å². The first-order valence-electron chi connectivity index (χ1n) is 11.0. The molecule has 0 aliphatic rings. The van der Waals surface area contributed by atoms with Crippen LogP contribution in [0.4, 0.5) is 0 Å². The number of rotatable bonds is 9. The summed E-state index contributed by atoms with van der Waals surface area (Å²) >= 11 is 18.6. The molecule has 3 rings (SSSR count). The Kier molecular flexibility index (Phi) is 9.40. The number of benzene rings is 3. The van der Waals surface area contributed by atoms with Gasteiger partial charge in [0.1, 0.15) is 6.04 Å². The van der Waals surface area contributed by atoms with Gasteiger partial charge in [0.2, 0.25) is 11.8 Å². The van der Waals surface area contributed by atoms with E-state index in [1.54, 1.807) is 35.2 Å². The Hall–Kier alpha value is -2.53. The summed E-state index contributed by atoms with van der Waals surface area (Å²) in [5.41, 5.74) is 2.44. The van der Waals surface area contributed by atoms with Gasteiger partial charge in [-0.2, -0.15) is 0 Å². The summed E-state index contributed by atoms with van der Waals surface area (Å²) < 4.78 is 0. The van der Waals surface area contributed by atoms with Crippen LogP contribution >= 0.6 is 34.8 Å². The minimum absolute atomic E-state index is 0.0385. The summed E-state index contributed by atoms with van der Waals surface area (Å²) in [6.45, 7) is 4.02. The zero-order valence-electron chi connectivity index (χ0n) is 19.1. The first-order valence-corrected chi connectivity index (χ1v) is 12.2. The van der Waals surface area contributed by atoms with Crippen LogP contribution < -0.4 is 5.32 Å². The fraction of sp³-hybridized carbons (Fsp3) is 0.259. The Bertz CT molecular complexity index is 1140. The zero-order chi connectivity index (χ0) is 24.7. The van der Waals surface area contributed by atoms with E-state index in [4.69, 9.17) is 34.8 Å². The van der Waals surface area contributed by atoms with Crippen molar-refractivity contribution in [3.05, 3.63) is 105 Å². The molecule has 0 saturated carbocycles. The number of hydrogen-bond acceptors (Lipinski definition) is 2. The van der Waals surface area contributed by atoms with Gasteiger partial charge in [-0.3, -0.25) is 9.59 Å².